The number of carbonyl (C=O) groups is 2. The summed E-state index contributed by atoms with van der Waals surface area (Å²) in [6.07, 6.45) is 2.09. The van der Waals surface area contributed by atoms with Crippen molar-refractivity contribution in [2.75, 3.05) is 18.8 Å². The zero-order valence-corrected chi connectivity index (χ0v) is 17.8. The molecule has 152 valence electrons. The van der Waals surface area contributed by atoms with Crippen LogP contribution in [0.25, 0.3) is 21.8 Å². The molecule has 2 amide bonds. The lowest BCUT2D eigenvalue weighted by Crippen LogP contribution is -2.48. The van der Waals surface area contributed by atoms with Gasteiger partial charge < -0.3 is 14.8 Å². The molecule has 1 aromatic heterocycles. The molecule has 1 aliphatic heterocycles. The Balaban J connectivity index is 1.58. The summed E-state index contributed by atoms with van der Waals surface area (Å²) in [4.78, 5) is 27.5. The lowest BCUT2D eigenvalue weighted by Gasteiger charge is -2.23. The SMILES string of the molecule is CCn1c2ccccc2c2cc(SCC(NC(C)=O)C(=O)N3CCCC3)ccc21. The number of amides is 2. The van der Waals surface area contributed by atoms with Gasteiger partial charge in [-0.2, -0.15) is 0 Å². The molecule has 5 nitrogen and oxygen atoms in total. The van der Waals surface area contributed by atoms with Gasteiger partial charge in [0.25, 0.3) is 0 Å². The highest BCUT2D eigenvalue weighted by atomic mass is 32.2. The van der Waals surface area contributed by atoms with Crippen LogP contribution in [0.15, 0.2) is 47.4 Å². The zero-order valence-electron chi connectivity index (χ0n) is 17.0. The molecule has 0 radical (unpaired) electrons. The van der Waals surface area contributed by atoms with Crippen molar-refractivity contribution >= 4 is 45.4 Å². The number of rotatable bonds is 6. The second-order valence-corrected chi connectivity index (χ2v) is 8.63. The summed E-state index contributed by atoms with van der Waals surface area (Å²) in [6, 6.07) is 14.5. The van der Waals surface area contributed by atoms with Gasteiger partial charge in [0.1, 0.15) is 6.04 Å². The van der Waals surface area contributed by atoms with Crippen LogP contribution in [0.1, 0.15) is 26.7 Å². The number of carbonyl (C=O) groups excluding carboxylic acids is 2. The van der Waals surface area contributed by atoms with E-state index in [1.807, 2.05) is 4.90 Å². The predicted molar refractivity (Wildman–Crippen MR) is 119 cm³/mol. The molecule has 6 heteroatoms. The van der Waals surface area contributed by atoms with Crippen molar-refractivity contribution in [3.63, 3.8) is 0 Å². The number of aromatic nitrogens is 1. The highest BCUT2D eigenvalue weighted by Gasteiger charge is 2.27. The Bertz CT molecular complexity index is 1050. The summed E-state index contributed by atoms with van der Waals surface area (Å²) in [5, 5.41) is 5.33. The van der Waals surface area contributed by atoms with Crippen LogP contribution < -0.4 is 5.32 Å². The number of hydrogen-bond donors (Lipinski definition) is 1. The number of nitrogens with one attached hydrogen (secondary N) is 1. The van der Waals surface area contributed by atoms with Crippen LogP contribution >= 0.6 is 11.8 Å². The van der Waals surface area contributed by atoms with Gasteiger partial charge in [-0.3, -0.25) is 9.59 Å². The maximum atomic E-state index is 12.8. The molecule has 1 fully saturated rings. The van der Waals surface area contributed by atoms with Crippen LogP contribution in [-0.2, 0) is 16.1 Å². The van der Waals surface area contributed by atoms with Gasteiger partial charge in [0.2, 0.25) is 11.8 Å². The van der Waals surface area contributed by atoms with Gasteiger partial charge in [-0.15, -0.1) is 11.8 Å². The van der Waals surface area contributed by atoms with Crippen LogP contribution in [0.5, 0.6) is 0 Å². The molecule has 29 heavy (non-hydrogen) atoms. The summed E-state index contributed by atoms with van der Waals surface area (Å²) in [5.74, 6) is 0.408. The maximum absolute atomic E-state index is 12.8. The van der Waals surface area contributed by atoms with Crippen LogP contribution in [0.3, 0.4) is 0 Å². The topological polar surface area (TPSA) is 54.3 Å². The molecule has 0 spiro atoms. The minimum Gasteiger partial charge on any atom is -0.344 e. The smallest absolute Gasteiger partial charge is 0.246 e. The highest BCUT2D eigenvalue weighted by Crippen LogP contribution is 2.32. The number of aryl methyl sites for hydroxylation is 1. The van der Waals surface area contributed by atoms with E-state index in [9.17, 15) is 9.59 Å². The number of likely N-dealkylation sites (tertiary alicyclic amines) is 1. The predicted octanol–water partition coefficient (Wildman–Crippen LogP) is 4.03. The first kappa shape index (κ1) is 19.8. The van der Waals surface area contributed by atoms with Gasteiger partial charge in [0.15, 0.2) is 0 Å². The lowest BCUT2D eigenvalue weighted by molar-refractivity contribution is -0.134. The monoisotopic (exact) mass is 409 g/mol. The Labute approximate surface area is 175 Å². The van der Waals surface area contributed by atoms with E-state index in [1.54, 1.807) is 11.8 Å². The van der Waals surface area contributed by atoms with E-state index in [-0.39, 0.29) is 11.8 Å². The van der Waals surface area contributed by atoms with Gasteiger partial charge in [-0.1, -0.05) is 18.2 Å². The van der Waals surface area contributed by atoms with E-state index in [1.165, 1.54) is 28.7 Å². The van der Waals surface area contributed by atoms with Crippen LogP contribution in [-0.4, -0.2) is 46.2 Å². The van der Waals surface area contributed by atoms with Gasteiger partial charge in [-0.05, 0) is 44.0 Å². The zero-order chi connectivity index (χ0) is 20.4. The number of nitrogens with zero attached hydrogens (tertiary/aromatic N) is 2. The molecular weight excluding hydrogens is 382 g/mol. The minimum atomic E-state index is -0.483. The summed E-state index contributed by atoms with van der Waals surface area (Å²) >= 11 is 1.63. The average molecular weight is 410 g/mol. The quantitative estimate of drug-likeness (QED) is 0.626. The summed E-state index contributed by atoms with van der Waals surface area (Å²) < 4.78 is 2.33. The molecule has 0 bridgehead atoms. The van der Waals surface area contributed by atoms with E-state index < -0.39 is 6.04 Å². The fourth-order valence-corrected chi connectivity index (χ4v) is 5.17. The third-order valence-corrected chi connectivity index (χ3v) is 6.66. The average Bonchev–Trinajstić information content (AvgIpc) is 3.36. The Morgan fingerprint density at radius 2 is 1.79 bits per heavy atom. The number of benzene rings is 2. The van der Waals surface area contributed by atoms with Crippen LogP contribution in [0, 0.1) is 0 Å². The third kappa shape index (κ3) is 3.99. The van der Waals surface area contributed by atoms with Crippen molar-refractivity contribution in [2.24, 2.45) is 0 Å². The summed E-state index contributed by atoms with van der Waals surface area (Å²) in [6.45, 7) is 6.15. The minimum absolute atomic E-state index is 0.0360. The first-order chi connectivity index (χ1) is 14.1. The molecule has 0 saturated carbocycles. The second-order valence-electron chi connectivity index (χ2n) is 7.54. The van der Waals surface area contributed by atoms with E-state index in [4.69, 9.17) is 0 Å². The van der Waals surface area contributed by atoms with Crippen molar-refractivity contribution < 1.29 is 9.59 Å². The van der Waals surface area contributed by atoms with Crippen molar-refractivity contribution in [2.45, 2.75) is 44.2 Å². The van der Waals surface area contributed by atoms with Gasteiger partial charge in [0.05, 0.1) is 0 Å². The van der Waals surface area contributed by atoms with Crippen molar-refractivity contribution in [3.8, 4) is 0 Å². The molecule has 2 aromatic carbocycles. The van der Waals surface area contributed by atoms with Gasteiger partial charge in [0, 0.05) is 59.0 Å². The Morgan fingerprint density at radius 1 is 1.07 bits per heavy atom. The Morgan fingerprint density at radius 3 is 2.52 bits per heavy atom. The molecule has 2 heterocycles. The molecule has 0 aliphatic carbocycles. The Hall–Kier alpha value is -2.47. The van der Waals surface area contributed by atoms with E-state index in [0.29, 0.717) is 5.75 Å². The first-order valence-corrected chi connectivity index (χ1v) is 11.3. The van der Waals surface area contributed by atoms with E-state index in [2.05, 4.69) is 59.3 Å². The van der Waals surface area contributed by atoms with Crippen LogP contribution in [0.4, 0.5) is 0 Å². The first-order valence-electron chi connectivity index (χ1n) is 10.3. The molecule has 1 N–H and O–H groups in total. The summed E-state index contributed by atoms with van der Waals surface area (Å²) in [7, 11) is 0. The van der Waals surface area contributed by atoms with Crippen LogP contribution in [0.2, 0.25) is 0 Å². The number of para-hydroxylation sites is 1. The molecule has 1 atom stereocenters. The fourth-order valence-electron chi connectivity index (χ4n) is 4.22. The molecular formula is C23H27N3O2S. The highest BCUT2D eigenvalue weighted by molar-refractivity contribution is 7.99. The van der Waals surface area contributed by atoms with Crippen molar-refractivity contribution in [3.05, 3.63) is 42.5 Å². The largest absolute Gasteiger partial charge is 0.344 e. The van der Waals surface area contributed by atoms with Gasteiger partial charge >= 0.3 is 0 Å². The third-order valence-electron chi connectivity index (χ3n) is 5.57. The maximum Gasteiger partial charge on any atom is 0.246 e. The van der Waals surface area contributed by atoms with Gasteiger partial charge in [-0.25, -0.2) is 0 Å². The Kier molecular flexibility index (Phi) is 5.81. The standard InChI is InChI=1S/C23H27N3O2S/c1-3-26-21-9-5-4-8-18(21)19-14-17(10-11-22(19)26)29-15-20(24-16(2)27)23(28)25-12-6-7-13-25/h4-5,8-11,14,20H,3,6-7,12-13,15H2,1-2H3,(H,24,27). The molecule has 3 aromatic rings. The van der Waals surface area contributed by atoms with E-state index in [0.717, 1.165) is 37.4 Å². The lowest BCUT2D eigenvalue weighted by atomic mass is 10.1. The van der Waals surface area contributed by atoms with Crippen molar-refractivity contribution in [1.82, 2.24) is 14.8 Å². The molecule has 1 unspecified atom stereocenters. The molecule has 1 saturated heterocycles. The fraction of sp³-hybridized carbons (Fsp3) is 0.391. The van der Waals surface area contributed by atoms with E-state index >= 15 is 0 Å². The number of hydrogen-bond acceptors (Lipinski definition) is 3. The summed E-state index contributed by atoms with van der Waals surface area (Å²) in [5.41, 5.74) is 2.47. The van der Waals surface area contributed by atoms with Crippen molar-refractivity contribution in [1.29, 1.82) is 0 Å². The normalized spacial score (nSPS) is 15.2. The number of fused-ring (bicyclic) bond motifs is 3. The number of thioether (sulfide) groups is 1. The second kappa shape index (κ2) is 8.49. The molecule has 1 aliphatic rings. The molecule has 4 rings (SSSR count).